The summed E-state index contributed by atoms with van der Waals surface area (Å²) in [6.07, 6.45) is -3.88. The second kappa shape index (κ2) is 12.2. The lowest BCUT2D eigenvalue weighted by Crippen LogP contribution is -2.37. The average Bonchev–Trinajstić information content (AvgIpc) is 3.35. The second-order valence-electron chi connectivity index (χ2n) is 9.68. The minimum atomic E-state index is -5.05. The molecule has 2 aromatic carbocycles. The number of carbonyl (C=O) groups is 3. The van der Waals surface area contributed by atoms with Gasteiger partial charge in [0.15, 0.2) is 11.5 Å². The lowest BCUT2D eigenvalue weighted by Gasteiger charge is -2.28. The molecule has 14 heteroatoms. The van der Waals surface area contributed by atoms with Crippen molar-refractivity contribution in [3.8, 4) is 0 Å². The lowest BCUT2D eigenvalue weighted by atomic mass is 9.86. The van der Waals surface area contributed by atoms with Crippen molar-refractivity contribution in [2.75, 3.05) is 6.54 Å². The van der Waals surface area contributed by atoms with E-state index in [0.717, 1.165) is 18.3 Å². The molecule has 0 bridgehead atoms. The van der Waals surface area contributed by atoms with Gasteiger partial charge in [-0.1, -0.05) is 23.2 Å². The number of carboxylic acids is 1. The van der Waals surface area contributed by atoms with E-state index in [1.165, 1.54) is 18.2 Å². The van der Waals surface area contributed by atoms with Crippen LogP contribution in [-0.4, -0.2) is 44.0 Å². The molecule has 7 nitrogen and oxygen atoms in total. The number of halogens is 7. The first-order valence-corrected chi connectivity index (χ1v) is 13.1. The average molecular weight is 618 g/mol. The highest BCUT2D eigenvalue weighted by Crippen LogP contribution is 2.39. The molecular formula is C27H22Cl2F5N3O4. The highest BCUT2D eigenvalue weighted by molar-refractivity contribution is 6.36. The summed E-state index contributed by atoms with van der Waals surface area (Å²) in [5, 5.41) is 13.2. The summed E-state index contributed by atoms with van der Waals surface area (Å²) in [6.45, 7) is -1.42. The van der Waals surface area contributed by atoms with Gasteiger partial charge < -0.3 is 10.0 Å². The third-order valence-electron chi connectivity index (χ3n) is 6.83. The number of benzene rings is 2. The number of Topliss-reactive ketones (excluding diaryl/α,β-unsaturated/α-hetero) is 1. The first-order valence-electron chi connectivity index (χ1n) is 12.3. The lowest BCUT2D eigenvalue weighted by molar-refractivity contribution is -0.147. The topological polar surface area (TPSA) is 92.5 Å². The van der Waals surface area contributed by atoms with E-state index >= 15 is 0 Å². The number of aromatic nitrogens is 2. The zero-order valence-electron chi connectivity index (χ0n) is 21.1. The van der Waals surface area contributed by atoms with Crippen LogP contribution in [0.5, 0.6) is 0 Å². The number of carboxylic acid groups (broad SMARTS) is 1. The summed E-state index contributed by atoms with van der Waals surface area (Å²) in [4.78, 5) is 38.8. The first kappa shape index (κ1) is 30.4. The highest BCUT2D eigenvalue weighted by atomic mass is 35.5. The van der Waals surface area contributed by atoms with E-state index < -0.39 is 71.8 Å². The minimum Gasteiger partial charge on any atom is -0.481 e. The monoisotopic (exact) mass is 617 g/mol. The summed E-state index contributed by atoms with van der Waals surface area (Å²) >= 11 is 12.0. The van der Waals surface area contributed by atoms with Gasteiger partial charge in [-0.3, -0.25) is 19.1 Å². The van der Waals surface area contributed by atoms with Crippen molar-refractivity contribution in [3.63, 3.8) is 0 Å². The van der Waals surface area contributed by atoms with E-state index in [1.807, 2.05) is 0 Å². The predicted molar refractivity (Wildman–Crippen MR) is 138 cm³/mol. The summed E-state index contributed by atoms with van der Waals surface area (Å²) in [7, 11) is 0. The molecule has 1 amide bonds. The molecule has 0 aliphatic heterocycles. The van der Waals surface area contributed by atoms with Gasteiger partial charge in [0, 0.05) is 23.2 Å². The molecule has 1 saturated carbocycles. The van der Waals surface area contributed by atoms with Gasteiger partial charge in [0.25, 0.3) is 5.91 Å². The van der Waals surface area contributed by atoms with Gasteiger partial charge in [-0.2, -0.15) is 18.3 Å². The molecule has 1 aliphatic carbocycles. The number of ketones is 1. The van der Waals surface area contributed by atoms with Crippen LogP contribution in [-0.2, 0) is 17.5 Å². The Morgan fingerprint density at radius 3 is 2.20 bits per heavy atom. The summed E-state index contributed by atoms with van der Waals surface area (Å²) < 4.78 is 71.5. The molecule has 4 rings (SSSR count). The molecular weight excluding hydrogens is 596 g/mol. The van der Waals surface area contributed by atoms with E-state index in [1.54, 1.807) is 0 Å². The van der Waals surface area contributed by atoms with Crippen LogP contribution in [0.25, 0.3) is 0 Å². The molecule has 0 spiro atoms. The van der Waals surface area contributed by atoms with Crippen LogP contribution in [0.1, 0.15) is 63.7 Å². The standard InChI is InChI=1S/C27H22Cl2F5N3O4/c28-16-3-6-22(29)20(9-16)23(38)13-36(12-14-7-17(30)10-18(31)8-14)25(39)21-11-35-37(24(21)27(32,33)34)19-4-1-15(2-5-19)26(40)41/h3,6-11,15,19H,1-2,4-5,12-13H2,(H,40,41)/t15-,19-. The number of alkyl halides is 3. The van der Waals surface area contributed by atoms with Crippen molar-refractivity contribution in [1.82, 2.24) is 14.7 Å². The Bertz CT molecular complexity index is 1470. The number of hydrogen-bond acceptors (Lipinski definition) is 4. The van der Waals surface area contributed by atoms with E-state index in [9.17, 15) is 41.4 Å². The number of carbonyl (C=O) groups excluding carboxylic acids is 2. The van der Waals surface area contributed by atoms with Gasteiger partial charge in [-0.05, 0) is 61.6 Å². The fraction of sp³-hybridized carbons (Fsp3) is 0.333. The van der Waals surface area contributed by atoms with E-state index in [-0.39, 0.29) is 46.9 Å². The number of rotatable bonds is 8. The van der Waals surface area contributed by atoms with Gasteiger partial charge in [-0.25, -0.2) is 8.78 Å². The van der Waals surface area contributed by atoms with Crippen molar-refractivity contribution >= 4 is 40.9 Å². The molecule has 1 fully saturated rings. The molecule has 1 N–H and O–H groups in total. The van der Waals surface area contributed by atoms with Gasteiger partial charge in [0.05, 0.1) is 35.3 Å². The molecule has 1 heterocycles. The second-order valence-corrected chi connectivity index (χ2v) is 10.5. The van der Waals surface area contributed by atoms with Crippen LogP contribution >= 0.6 is 23.2 Å². The van der Waals surface area contributed by atoms with Crippen LogP contribution in [0.4, 0.5) is 22.0 Å². The van der Waals surface area contributed by atoms with Crippen LogP contribution in [0.2, 0.25) is 10.0 Å². The number of amides is 1. The Kier molecular flexibility index (Phi) is 9.03. The molecule has 41 heavy (non-hydrogen) atoms. The molecule has 0 unspecified atom stereocenters. The normalized spacial score (nSPS) is 17.3. The summed E-state index contributed by atoms with van der Waals surface area (Å²) in [5.41, 5.74) is -2.47. The van der Waals surface area contributed by atoms with Crippen LogP contribution in [0.3, 0.4) is 0 Å². The third kappa shape index (κ3) is 7.05. The Labute approximate surface area is 240 Å². The molecule has 1 aromatic heterocycles. The maximum Gasteiger partial charge on any atom is 0.433 e. The molecule has 0 saturated heterocycles. The van der Waals surface area contributed by atoms with Crippen molar-refractivity contribution in [2.45, 2.75) is 44.4 Å². The Balaban J connectivity index is 1.72. The van der Waals surface area contributed by atoms with Crippen molar-refractivity contribution < 1.29 is 41.4 Å². The smallest absolute Gasteiger partial charge is 0.433 e. The van der Waals surface area contributed by atoms with Gasteiger partial charge in [0.1, 0.15) is 11.6 Å². The zero-order valence-corrected chi connectivity index (χ0v) is 22.6. The summed E-state index contributed by atoms with van der Waals surface area (Å²) in [5.74, 6) is -5.75. The predicted octanol–water partition coefficient (Wildman–Crippen LogP) is 6.83. The third-order valence-corrected chi connectivity index (χ3v) is 7.40. The maximum atomic E-state index is 14.4. The molecule has 218 valence electrons. The maximum absolute atomic E-state index is 14.4. The first-order chi connectivity index (χ1) is 19.2. The Morgan fingerprint density at radius 1 is 0.976 bits per heavy atom. The number of nitrogens with zero attached hydrogens (tertiary/aromatic N) is 3. The Morgan fingerprint density at radius 2 is 1.61 bits per heavy atom. The van der Waals surface area contributed by atoms with Gasteiger partial charge in [-0.15, -0.1) is 0 Å². The van der Waals surface area contributed by atoms with Crippen LogP contribution < -0.4 is 0 Å². The molecule has 1 aliphatic rings. The number of aliphatic carboxylic acids is 1. The SMILES string of the molecule is O=C(CN(Cc1cc(F)cc(F)c1)C(=O)c1cnn([C@H]2CC[C@H](C(=O)O)CC2)c1C(F)(F)F)c1cc(Cl)ccc1Cl. The summed E-state index contributed by atoms with van der Waals surface area (Å²) in [6, 6.07) is 5.50. The van der Waals surface area contributed by atoms with Gasteiger partial charge in [0.2, 0.25) is 0 Å². The molecule has 0 radical (unpaired) electrons. The quantitative estimate of drug-likeness (QED) is 0.221. The van der Waals surface area contributed by atoms with Crippen LogP contribution in [0, 0.1) is 17.6 Å². The van der Waals surface area contributed by atoms with E-state index in [4.69, 9.17) is 23.2 Å². The molecule has 3 aromatic rings. The van der Waals surface area contributed by atoms with Crippen molar-refractivity contribution in [3.05, 3.63) is 86.7 Å². The Hall–Kier alpha value is -3.51. The van der Waals surface area contributed by atoms with E-state index in [0.29, 0.717) is 15.6 Å². The highest BCUT2D eigenvalue weighted by Gasteiger charge is 2.43. The number of hydrogen-bond donors (Lipinski definition) is 1. The van der Waals surface area contributed by atoms with Crippen molar-refractivity contribution in [2.24, 2.45) is 5.92 Å². The van der Waals surface area contributed by atoms with Crippen molar-refractivity contribution in [1.29, 1.82) is 0 Å². The zero-order chi connectivity index (χ0) is 30.1. The fourth-order valence-corrected chi connectivity index (χ4v) is 5.30. The fourth-order valence-electron chi connectivity index (χ4n) is 4.91. The van der Waals surface area contributed by atoms with E-state index in [2.05, 4.69) is 5.10 Å². The largest absolute Gasteiger partial charge is 0.481 e. The minimum absolute atomic E-state index is 0.0237. The van der Waals surface area contributed by atoms with Gasteiger partial charge >= 0.3 is 12.1 Å². The van der Waals surface area contributed by atoms with Crippen LogP contribution in [0.15, 0.2) is 42.6 Å². The molecule has 0 atom stereocenters.